The van der Waals surface area contributed by atoms with Gasteiger partial charge in [0.25, 0.3) is 0 Å². The maximum absolute atomic E-state index is 11.1. The summed E-state index contributed by atoms with van der Waals surface area (Å²) in [6, 6.07) is 23.5. The van der Waals surface area contributed by atoms with Crippen molar-refractivity contribution in [3.05, 3.63) is 95.1 Å². The number of carboxylic acid groups (broad SMARTS) is 1. The van der Waals surface area contributed by atoms with Gasteiger partial charge < -0.3 is 9.84 Å². The number of carbonyl (C=O) groups is 1. The molecule has 37 heavy (non-hydrogen) atoms. The van der Waals surface area contributed by atoms with Crippen molar-refractivity contribution in [3.63, 3.8) is 0 Å². The molecule has 0 bridgehead atoms. The highest BCUT2D eigenvalue weighted by atomic mass is 16.5. The Labute approximate surface area is 223 Å². The highest BCUT2D eigenvalue weighted by Gasteiger charge is 2.21. The Hall–Kier alpha value is -3.33. The summed E-state index contributed by atoms with van der Waals surface area (Å²) in [5, 5.41) is 9.08. The van der Waals surface area contributed by atoms with Crippen LogP contribution in [-0.4, -0.2) is 17.7 Å². The van der Waals surface area contributed by atoms with Crippen molar-refractivity contribution < 1.29 is 14.6 Å². The minimum atomic E-state index is -0.776. The third-order valence-electron chi connectivity index (χ3n) is 6.86. The highest BCUT2D eigenvalue weighted by molar-refractivity contribution is 5.71. The second-order valence-electron chi connectivity index (χ2n) is 12.2. The normalized spacial score (nSPS) is 13.4. The van der Waals surface area contributed by atoms with Crippen molar-refractivity contribution in [1.82, 2.24) is 0 Å². The number of ether oxygens (including phenoxy) is 1. The van der Waals surface area contributed by atoms with Gasteiger partial charge in [-0.05, 0) is 81.3 Å². The van der Waals surface area contributed by atoms with Crippen molar-refractivity contribution in [2.75, 3.05) is 6.61 Å². The Morgan fingerprint density at radius 2 is 1.38 bits per heavy atom. The van der Waals surface area contributed by atoms with Gasteiger partial charge in [-0.3, -0.25) is 4.79 Å². The first-order valence-electron chi connectivity index (χ1n) is 13.1. The number of hydrogen-bond donors (Lipinski definition) is 1. The fourth-order valence-electron chi connectivity index (χ4n) is 4.13. The minimum Gasteiger partial charge on any atom is -0.490 e. The van der Waals surface area contributed by atoms with Crippen LogP contribution in [0.4, 0.5) is 0 Å². The monoisotopic (exact) mass is 498 g/mol. The van der Waals surface area contributed by atoms with Crippen molar-refractivity contribution in [3.8, 4) is 16.9 Å². The van der Waals surface area contributed by atoms with Crippen molar-refractivity contribution in [2.24, 2.45) is 5.92 Å². The molecule has 3 rings (SSSR count). The quantitative estimate of drug-likeness (QED) is 0.338. The lowest BCUT2D eigenvalue weighted by Crippen LogP contribution is -2.16. The van der Waals surface area contributed by atoms with E-state index < -0.39 is 11.9 Å². The molecule has 1 unspecified atom stereocenters. The number of rotatable bonds is 8. The molecule has 3 aromatic rings. The van der Waals surface area contributed by atoms with E-state index in [9.17, 15) is 4.79 Å². The first kappa shape index (κ1) is 28.2. The summed E-state index contributed by atoms with van der Waals surface area (Å²) in [4.78, 5) is 11.1. The van der Waals surface area contributed by atoms with Crippen LogP contribution in [0.15, 0.2) is 72.8 Å². The largest absolute Gasteiger partial charge is 0.490 e. The molecule has 0 saturated carbocycles. The van der Waals surface area contributed by atoms with E-state index in [1.807, 2.05) is 24.3 Å². The smallest absolute Gasteiger partial charge is 0.306 e. The van der Waals surface area contributed by atoms with Crippen LogP contribution < -0.4 is 4.74 Å². The summed E-state index contributed by atoms with van der Waals surface area (Å²) < 4.78 is 5.90. The zero-order valence-corrected chi connectivity index (χ0v) is 23.7. The maximum atomic E-state index is 11.1. The number of allylic oxidation sites excluding steroid dienone is 1. The molecule has 0 aliphatic heterocycles. The predicted molar refractivity (Wildman–Crippen MR) is 155 cm³/mol. The molecule has 0 aliphatic rings. The van der Waals surface area contributed by atoms with Gasteiger partial charge in [0, 0.05) is 0 Å². The third kappa shape index (κ3) is 7.82. The van der Waals surface area contributed by atoms with Crippen LogP contribution in [-0.2, 0) is 22.0 Å². The lowest BCUT2D eigenvalue weighted by molar-refractivity contribution is -0.141. The molecule has 0 amide bonds. The molecule has 0 aromatic heterocycles. The van der Waals surface area contributed by atoms with E-state index in [1.165, 1.54) is 27.8 Å². The fraction of sp³-hybridized carbons (Fsp3) is 0.382. The van der Waals surface area contributed by atoms with E-state index in [0.717, 1.165) is 16.9 Å². The summed E-state index contributed by atoms with van der Waals surface area (Å²) in [7, 11) is 0. The van der Waals surface area contributed by atoms with Gasteiger partial charge in [0.1, 0.15) is 12.4 Å². The van der Waals surface area contributed by atoms with Crippen LogP contribution in [0, 0.1) is 5.92 Å². The second-order valence-corrected chi connectivity index (χ2v) is 12.2. The van der Waals surface area contributed by atoms with Gasteiger partial charge in [-0.15, -0.1) is 0 Å². The Bertz CT molecular complexity index is 1200. The lowest BCUT2D eigenvalue weighted by atomic mass is 9.79. The molecule has 0 aliphatic carbocycles. The van der Waals surface area contributed by atoms with Crippen LogP contribution in [0.1, 0.15) is 77.6 Å². The fourth-order valence-corrected chi connectivity index (χ4v) is 4.13. The van der Waals surface area contributed by atoms with E-state index in [-0.39, 0.29) is 10.8 Å². The van der Waals surface area contributed by atoms with E-state index in [1.54, 1.807) is 6.92 Å². The van der Waals surface area contributed by atoms with Crippen LogP contribution in [0.2, 0.25) is 0 Å². The lowest BCUT2D eigenvalue weighted by Gasteiger charge is -2.26. The molecule has 1 atom stereocenters. The van der Waals surface area contributed by atoms with E-state index in [4.69, 9.17) is 9.84 Å². The first-order chi connectivity index (χ1) is 17.2. The van der Waals surface area contributed by atoms with Crippen LogP contribution >= 0.6 is 0 Å². The highest BCUT2D eigenvalue weighted by Crippen LogP contribution is 2.34. The molecule has 3 heteroatoms. The number of carboxylic acids is 1. The standard InChI is InChI=1S/C34H42O3/c1-23(17-18-37-31-15-9-25(10-16-31)19-24(2)32(35)36)26-11-13-27(14-12-26)28-20-29(33(3,4)5)22-30(21-28)34(6,7)8/h9-17,20-22,24H,18-19H2,1-8H3,(H,35,36)/b23-17+. The molecular formula is C34H42O3. The van der Waals surface area contributed by atoms with Gasteiger partial charge in [0.2, 0.25) is 0 Å². The zero-order valence-electron chi connectivity index (χ0n) is 23.7. The maximum Gasteiger partial charge on any atom is 0.306 e. The molecule has 196 valence electrons. The molecule has 3 aromatic carbocycles. The first-order valence-corrected chi connectivity index (χ1v) is 13.1. The van der Waals surface area contributed by atoms with Gasteiger partial charge in [-0.25, -0.2) is 0 Å². The summed E-state index contributed by atoms with van der Waals surface area (Å²) in [5.74, 6) is -0.395. The average molecular weight is 499 g/mol. The third-order valence-corrected chi connectivity index (χ3v) is 6.86. The molecule has 1 N–H and O–H groups in total. The molecule has 0 heterocycles. The average Bonchev–Trinajstić information content (AvgIpc) is 2.83. The number of aliphatic carboxylic acids is 1. The SMILES string of the molecule is C/C(=C\COc1ccc(CC(C)C(=O)O)cc1)c1ccc(-c2cc(C(C)(C)C)cc(C(C)(C)C)c2)cc1. The summed E-state index contributed by atoms with van der Waals surface area (Å²) in [6.45, 7) is 17.9. The Balaban J connectivity index is 1.70. The van der Waals surface area contributed by atoms with E-state index in [2.05, 4.69) is 97.0 Å². The van der Waals surface area contributed by atoms with Crippen LogP contribution in [0.5, 0.6) is 5.75 Å². The van der Waals surface area contributed by atoms with Gasteiger partial charge >= 0.3 is 5.97 Å². The van der Waals surface area contributed by atoms with Crippen LogP contribution in [0.3, 0.4) is 0 Å². The van der Waals surface area contributed by atoms with Gasteiger partial charge in [0.15, 0.2) is 0 Å². The van der Waals surface area contributed by atoms with Crippen LogP contribution in [0.25, 0.3) is 16.7 Å². The Morgan fingerprint density at radius 1 is 0.838 bits per heavy atom. The van der Waals surface area contributed by atoms with E-state index >= 15 is 0 Å². The summed E-state index contributed by atoms with van der Waals surface area (Å²) >= 11 is 0. The van der Waals surface area contributed by atoms with Crippen molar-refractivity contribution in [1.29, 1.82) is 0 Å². The predicted octanol–water partition coefficient (Wildman–Crippen LogP) is 8.69. The Kier molecular flexibility index (Phi) is 8.68. The molecule has 0 spiro atoms. The van der Waals surface area contributed by atoms with Crippen molar-refractivity contribution in [2.45, 2.75) is 72.6 Å². The zero-order chi connectivity index (χ0) is 27.4. The molecular weight excluding hydrogens is 456 g/mol. The number of hydrogen-bond acceptors (Lipinski definition) is 2. The molecule has 3 nitrogen and oxygen atoms in total. The molecule has 0 fully saturated rings. The minimum absolute atomic E-state index is 0.0898. The summed E-state index contributed by atoms with van der Waals surface area (Å²) in [6.07, 6.45) is 2.61. The summed E-state index contributed by atoms with van der Waals surface area (Å²) in [5.41, 5.74) is 8.71. The van der Waals surface area contributed by atoms with Gasteiger partial charge in [0.05, 0.1) is 5.92 Å². The molecule has 0 radical (unpaired) electrons. The molecule has 0 saturated heterocycles. The topological polar surface area (TPSA) is 46.5 Å². The van der Waals surface area contributed by atoms with Crippen molar-refractivity contribution >= 4 is 11.5 Å². The Morgan fingerprint density at radius 3 is 1.86 bits per heavy atom. The van der Waals surface area contributed by atoms with Gasteiger partial charge in [-0.2, -0.15) is 0 Å². The number of benzene rings is 3. The second kappa shape index (κ2) is 11.4. The van der Waals surface area contributed by atoms with E-state index in [0.29, 0.717) is 13.0 Å². The van der Waals surface area contributed by atoms with Gasteiger partial charge in [-0.1, -0.05) is 103 Å².